The van der Waals surface area contributed by atoms with Crippen molar-refractivity contribution in [3.05, 3.63) is 58.6 Å². The summed E-state index contributed by atoms with van der Waals surface area (Å²) >= 11 is 6.64. The van der Waals surface area contributed by atoms with Crippen molar-refractivity contribution in [2.75, 3.05) is 12.3 Å². The number of aromatic amines is 2. The third kappa shape index (κ3) is 3.80. The van der Waals surface area contributed by atoms with Crippen molar-refractivity contribution in [1.82, 2.24) is 15.3 Å². The number of nitrogens with one attached hydrogen (secondary N) is 3. The van der Waals surface area contributed by atoms with E-state index in [9.17, 15) is 9.18 Å². The van der Waals surface area contributed by atoms with Gasteiger partial charge < -0.3 is 15.3 Å². The van der Waals surface area contributed by atoms with Crippen LogP contribution in [0.15, 0.2) is 47.4 Å². The molecule has 1 amide bonds. The Bertz CT molecular complexity index is 889. The maximum atomic E-state index is 13.6. The number of imidazole rings is 1. The van der Waals surface area contributed by atoms with Gasteiger partial charge in [-0.05, 0) is 36.5 Å². The fourth-order valence-corrected chi connectivity index (χ4v) is 3.23. The lowest BCUT2D eigenvalue weighted by atomic mass is 10.1. The summed E-state index contributed by atoms with van der Waals surface area (Å²) in [5.74, 6) is -0.0721. The molecule has 0 saturated heterocycles. The highest BCUT2D eigenvalue weighted by atomic mass is 32.2. The standard InChI is InChI=1S/C16H14FN3OS2/c17-10-8-12(14-13(9-10)19-16(22)20-14)15(21)18-6-7-23-11-4-2-1-3-5-11/h1-5,8-9H,6-7H2,(H,18,21)(H2,19,20,22). The first kappa shape index (κ1) is 15.8. The van der Waals surface area contributed by atoms with Crippen molar-refractivity contribution in [2.24, 2.45) is 0 Å². The Hall–Kier alpha value is -2.12. The number of H-pyrrole nitrogens is 2. The van der Waals surface area contributed by atoms with Gasteiger partial charge in [0, 0.05) is 17.2 Å². The Kier molecular flexibility index (Phi) is 4.78. The minimum atomic E-state index is -0.480. The number of fused-ring (bicyclic) bond motifs is 1. The predicted octanol–water partition coefficient (Wildman–Crippen LogP) is 3.89. The van der Waals surface area contributed by atoms with Crippen molar-refractivity contribution < 1.29 is 9.18 Å². The summed E-state index contributed by atoms with van der Waals surface area (Å²) in [6, 6.07) is 12.5. The molecule has 0 fully saturated rings. The average molecular weight is 347 g/mol. The van der Waals surface area contributed by atoms with E-state index < -0.39 is 5.82 Å². The van der Waals surface area contributed by atoms with Crippen LogP contribution in [-0.2, 0) is 0 Å². The van der Waals surface area contributed by atoms with Crippen LogP contribution in [0.25, 0.3) is 11.0 Å². The van der Waals surface area contributed by atoms with Gasteiger partial charge in [0.1, 0.15) is 5.82 Å². The van der Waals surface area contributed by atoms with Gasteiger partial charge in [0.2, 0.25) is 0 Å². The molecule has 0 bridgehead atoms. The number of halogens is 1. The average Bonchev–Trinajstić information content (AvgIpc) is 2.91. The number of aromatic nitrogens is 2. The Morgan fingerprint density at radius 2 is 2.00 bits per heavy atom. The van der Waals surface area contributed by atoms with Crippen LogP contribution in [0.1, 0.15) is 10.4 Å². The zero-order chi connectivity index (χ0) is 16.2. The number of hydrogen-bond donors (Lipinski definition) is 3. The Morgan fingerprint density at radius 1 is 1.22 bits per heavy atom. The third-order valence-electron chi connectivity index (χ3n) is 3.23. The lowest BCUT2D eigenvalue weighted by Crippen LogP contribution is -2.26. The fraction of sp³-hybridized carbons (Fsp3) is 0.125. The number of thioether (sulfide) groups is 1. The molecule has 2 aromatic carbocycles. The molecule has 3 N–H and O–H groups in total. The van der Waals surface area contributed by atoms with Crippen molar-refractivity contribution in [3.63, 3.8) is 0 Å². The molecular formula is C16H14FN3OS2. The molecule has 3 rings (SSSR count). The van der Waals surface area contributed by atoms with E-state index in [1.165, 1.54) is 12.1 Å². The SMILES string of the molecule is O=C(NCCSc1ccccc1)c1cc(F)cc2[nH]c(=S)[nH]c12. The summed E-state index contributed by atoms with van der Waals surface area (Å²) in [6.45, 7) is 0.488. The first-order valence-corrected chi connectivity index (χ1v) is 8.40. The van der Waals surface area contributed by atoms with E-state index >= 15 is 0 Å². The molecule has 0 aliphatic heterocycles. The zero-order valence-corrected chi connectivity index (χ0v) is 13.7. The largest absolute Gasteiger partial charge is 0.351 e. The highest BCUT2D eigenvalue weighted by Gasteiger charge is 2.13. The molecule has 3 aromatic rings. The summed E-state index contributed by atoms with van der Waals surface area (Å²) < 4.78 is 14.0. The van der Waals surface area contributed by atoms with Gasteiger partial charge in [0.15, 0.2) is 4.77 Å². The highest BCUT2D eigenvalue weighted by molar-refractivity contribution is 7.99. The van der Waals surface area contributed by atoms with Crippen LogP contribution < -0.4 is 5.32 Å². The first-order chi connectivity index (χ1) is 11.1. The van der Waals surface area contributed by atoms with Crippen LogP contribution in [0.2, 0.25) is 0 Å². The minimum Gasteiger partial charge on any atom is -0.351 e. The molecule has 1 aromatic heterocycles. The van der Waals surface area contributed by atoms with Gasteiger partial charge in [-0.25, -0.2) is 4.39 Å². The van der Waals surface area contributed by atoms with Gasteiger partial charge in [-0.2, -0.15) is 0 Å². The predicted molar refractivity (Wildman–Crippen MR) is 92.9 cm³/mol. The number of carbonyl (C=O) groups excluding carboxylic acids is 1. The number of carbonyl (C=O) groups is 1. The quantitative estimate of drug-likeness (QED) is 0.373. The number of hydrogen-bond acceptors (Lipinski definition) is 3. The Labute approximate surface area is 141 Å². The van der Waals surface area contributed by atoms with Gasteiger partial charge in [-0.3, -0.25) is 4.79 Å². The molecule has 23 heavy (non-hydrogen) atoms. The van der Waals surface area contributed by atoms with Gasteiger partial charge in [-0.15, -0.1) is 11.8 Å². The van der Waals surface area contributed by atoms with Gasteiger partial charge in [-0.1, -0.05) is 18.2 Å². The van der Waals surface area contributed by atoms with Crippen molar-refractivity contribution in [3.8, 4) is 0 Å². The maximum absolute atomic E-state index is 13.6. The van der Waals surface area contributed by atoms with Crippen molar-refractivity contribution in [1.29, 1.82) is 0 Å². The van der Waals surface area contributed by atoms with E-state index in [1.54, 1.807) is 11.8 Å². The normalized spacial score (nSPS) is 10.8. The molecular weight excluding hydrogens is 333 g/mol. The number of rotatable bonds is 5. The monoisotopic (exact) mass is 347 g/mol. The van der Waals surface area contributed by atoms with Crippen LogP contribution in [-0.4, -0.2) is 28.2 Å². The van der Waals surface area contributed by atoms with E-state index in [4.69, 9.17) is 12.2 Å². The summed E-state index contributed by atoms with van der Waals surface area (Å²) in [5, 5.41) is 2.80. The summed E-state index contributed by atoms with van der Waals surface area (Å²) in [6.07, 6.45) is 0. The van der Waals surface area contributed by atoms with E-state index in [1.807, 2.05) is 30.3 Å². The highest BCUT2D eigenvalue weighted by Crippen LogP contribution is 2.18. The lowest BCUT2D eigenvalue weighted by molar-refractivity contribution is 0.0957. The molecule has 118 valence electrons. The third-order valence-corrected chi connectivity index (χ3v) is 4.45. The van der Waals surface area contributed by atoms with E-state index in [0.717, 1.165) is 10.6 Å². The summed E-state index contributed by atoms with van der Waals surface area (Å²) in [7, 11) is 0. The first-order valence-electron chi connectivity index (χ1n) is 7.01. The lowest BCUT2D eigenvalue weighted by Gasteiger charge is -2.06. The van der Waals surface area contributed by atoms with Crippen molar-refractivity contribution >= 4 is 40.9 Å². The summed E-state index contributed by atoms with van der Waals surface area (Å²) in [4.78, 5) is 19.1. The molecule has 0 radical (unpaired) electrons. The number of benzene rings is 2. The minimum absolute atomic E-state index is 0.247. The van der Waals surface area contributed by atoms with Crippen LogP contribution in [0, 0.1) is 10.6 Å². The molecule has 0 aliphatic carbocycles. The van der Waals surface area contributed by atoms with E-state index in [-0.39, 0.29) is 11.5 Å². The molecule has 0 saturated carbocycles. The topological polar surface area (TPSA) is 60.7 Å². The van der Waals surface area contributed by atoms with Crippen LogP contribution in [0.4, 0.5) is 4.39 Å². The van der Waals surface area contributed by atoms with Gasteiger partial charge in [0.25, 0.3) is 5.91 Å². The second-order valence-electron chi connectivity index (χ2n) is 4.87. The van der Waals surface area contributed by atoms with Gasteiger partial charge in [0.05, 0.1) is 16.6 Å². The Balaban J connectivity index is 1.65. The fourth-order valence-electron chi connectivity index (χ4n) is 2.23. The Morgan fingerprint density at radius 3 is 2.78 bits per heavy atom. The molecule has 0 atom stereocenters. The van der Waals surface area contributed by atoms with Crippen molar-refractivity contribution in [2.45, 2.75) is 4.90 Å². The van der Waals surface area contributed by atoms with E-state index in [0.29, 0.717) is 22.3 Å². The maximum Gasteiger partial charge on any atom is 0.253 e. The van der Waals surface area contributed by atoms with Crippen LogP contribution >= 0.6 is 24.0 Å². The molecule has 0 spiro atoms. The molecule has 4 nitrogen and oxygen atoms in total. The second kappa shape index (κ2) is 6.97. The smallest absolute Gasteiger partial charge is 0.253 e. The molecule has 7 heteroatoms. The zero-order valence-electron chi connectivity index (χ0n) is 12.1. The second-order valence-corrected chi connectivity index (χ2v) is 6.45. The van der Waals surface area contributed by atoms with E-state index in [2.05, 4.69) is 15.3 Å². The van der Waals surface area contributed by atoms with Gasteiger partial charge >= 0.3 is 0 Å². The van der Waals surface area contributed by atoms with Crippen LogP contribution in [0.5, 0.6) is 0 Å². The molecule has 0 aliphatic rings. The summed E-state index contributed by atoms with van der Waals surface area (Å²) in [5.41, 5.74) is 1.25. The molecule has 1 heterocycles. The van der Waals surface area contributed by atoms with Crippen LogP contribution in [0.3, 0.4) is 0 Å². The number of amides is 1. The molecule has 0 unspecified atom stereocenters.